The van der Waals surface area contributed by atoms with Crippen molar-refractivity contribution in [1.29, 1.82) is 0 Å². The van der Waals surface area contributed by atoms with E-state index in [1.165, 1.54) is 16.7 Å². The minimum absolute atomic E-state index is 0.207. The number of piperidine rings is 1. The van der Waals surface area contributed by atoms with Crippen LogP contribution in [0.5, 0.6) is 0 Å². The fourth-order valence-corrected chi connectivity index (χ4v) is 4.93. The highest BCUT2D eigenvalue weighted by Gasteiger charge is 2.44. The van der Waals surface area contributed by atoms with Crippen molar-refractivity contribution in [3.8, 4) is 0 Å². The van der Waals surface area contributed by atoms with Crippen molar-refractivity contribution < 1.29 is 4.79 Å². The summed E-state index contributed by atoms with van der Waals surface area (Å²) >= 11 is 0. The molecule has 0 saturated carbocycles. The van der Waals surface area contributed by atoms with Crippen LogP contribution in [0.15, 0.2) is 121 Å². The van der Waals surface area contributed by atoms with Gasteiger partial charge in [-0.2, -0.15) is 0 Å². The molecule has 162 valence electrons. The van der Waals surface area contributed by atoms with E-state index in [0.717, 1.165) is 11.1 Å². The lowest BCUT2D eigenvalue weighted by molar-refractivity contribution is -0.117. The number of pyridine rings is 1. The van der Waals surface area contributed by atoms with Gasteiger partial charge in [-0.15, -0.1) is 0 Å². The molecule has 0 N–H and O–H groups in total. The van der Waals surface area contributed by atoms with Gasteiger partial charge in [0.25, 0.3) is 0 Å². The van der Waals surface area contributed by atoms with Crippen molar-refractivity contribution >= 4 is 11.9 Å². The molecule has 0 bridgehead atoms. The molecule has 0 amide bonds. The number of likely N-dealkylation sites (tertiary alicyclic amines) is 1. The molecule has 33 heavy (non-hydrogen) atoms. The van der Waals surface area contributed by atoms with Crippen LogP contribution in [-0.4, -0.2) is 28.8 Å². The van der Waals surface area contributed by atoms with Crippen LogP contribution in [0.25, 0.3) is 6.08 Å². The highest BCUT2D eigenvalue weighted by atomic mass is 16.1. The highest BCUT2D eigenvalue weighted by molar-refractivity contribution is 6.00. The van der Waals surface area contributed by atoms with Crippen molar-refractivity contribution in [2.75, 3.05) is 13.1 Å². The van der Waals surface area contributed by atoms with Gasteiger partial charge < -0.3 is 0 Å². The monoisotopic (exact) mass is 430 g/mol. The number of ketones is 1. The highest BCUT2D eigenvalue weighted by Crippen LogP contribution is 2.43. The maximum Gasteiger partial charge on any atom is 0.161 e. The number of hydrogen-bond donors (Lipinski definition) is 0. The number of benzene rings is 3. The Morgan fingerprint density at radius 3 is 1.76 bits per heavy atom. The lowest BCUT2D eigenvalue weighted by Gasteiger charge is -2.47. The van der Waals surface area contributed by atoms with Crippen LogP contribution in [0.1, 0.15) is 28.7 Å². The molecule has 1 fully saturated rings. The summed E-state index contributed by atoms with van der Waals surface area (Å²) in [4.78, 5) is 19.6. The second-order valence-electron chi connectivity index (χ2n) is 8.36. The van der Waals surface area contributed by atoms with Gasteiger partial charge in [0.2, 0.25) is 0 Å². The van der Waals surface area contributed by atoms with Crippen LogP contribution in [0.4, 0.5) is 0 Å². The predicted octanol–water partition coefficient (Wildman–Crippen LogP) is 5.73. The number of Topliss-reactive ketones (excluding diaryl/α,β-unsaturated/α-hetero) is 1. The Bertz CT molecular complexity index is 1140. The van der Waals surface area contributed by atoms with Gasteiger partial charge >= 0.3 is 0 Å². The second-order valence-corrected chi connectivity index (χ2v) is 8.36. The van der Waals surface area contributed by atoms with E-state index in [4.69, 9.17) is 0 Å². The van der Waals surface area contributed by atoms with Crippen LogP contribution in [0.2, 0.25) is 0 Å². The molecule has 0 spiro atoms. The van der Waals surface area contributed by atoms with Gasteiger partial charge in [-0.05, 0) is 34.4 Å². The zero-order chi connectivity index (χ0) is 22.5. The minimum atomic E-state index is -0.515. The molecule has 0 unspecified atom stereocenters. The summed E-state index contributed by atoms with van der Waals surface area (Å²) in [5, 5.41) is 0. The predicted molar refractivity (Wildman–Crippen MR) is 133 cm³/mol. The average Bonchev–Trinajstić information content (AvgIpc) is 2.89. The Labute approximate surface area is 195 Å². The molecule has 5 rings (SSSR count). The normalized spacial score (nSPS) is 16.1. The Morgan fingerprint density at radius 2 is 1.27 bits per heavy atom. The van der Waals surface area contributed by atoms with Crippen LogP contribution >= 0.6 is 0 Å². The van der Waals surface area contributed by atoms with E-state index in [1.54, 1.807) is 12.4 Å². The van der Waals surface area contributed by atoms with Crippen molar-refractivity contribution in [1.82, 2.24) is 9.88 Å². The first-order chi connectivity index (χ1) is 16.3. The van der Waals surface area contributed by atoms with Gasteiger partial charge in [0.15, 0.2) is 5.78 Å². The number of carbonyl (C=O) groups is 1. The van der Waals surface area contributed by atoms with Crippen LogP contribution in [-0.2, 0) is 10.3 Å². The number of carbonyl (C=O) groups excluding carboxylic acids is 1. The maximum atomic E-state index is 13.0. The molecule has 3 heteroatoms. The van der Waals surface area contributed by atoms with Crippen molar-refractivity contribution in [3.05, 3.63) is 143 Å². The number of aromatic nitrogens is 1. The quantitative estimate of drug-likeness (QED) is 0.299. The van der Waals surface area contributed by atoms with E-state index in [9.17, 15) is 4.79 Å². The van der Waals surface area contributed by atoms with E-state index in [0.29, 0.717) is 19.5 Å². The molecule has 3 aromatic carbocycles. The minimum Gasteiger partial charge on any atom is -0.294 e. The molecule has 3 nitrogen and oxygen atoms in total. The number of rotatable bonds is 5. The van der Waals surface area contributed by atoms with Crippen LogP contribution in [0.3, 0.4) is 0 Å². The van der Waals surface area contributed by atoms with E-state index >= 15 is 0 Å². The summed E-state index contributed by atoms with van der Waals surface area (Å²) in [6, 6.07) is 35.8. The first-order valence-corrected chi connectivity index (χ1v) is 11.3. The van der Waals surface area contributed by atoms with Gasteiger partial charge in [0.05, 0.1) is 5.54 Å². The Hall–Kier alpha value is -3.82. The summed E-state index contributed by atoms with van der Waals surface area (Å²) in [6.45, 7) is 1.24. The van der Waals surface area contributed by atoms with Crippen molar-refractivity contribution in [2.45, 2.75) is 12.0 Å². The maximum absolute atomic E-state index is 13.0. The van der Waals surface area contributed by atoms with Gasteiger partial charge in [0.1, 0.15) is 0 Å². The first kappa shape index (κ1) is 21.0. The summed E-state index contributed by atoms with van der Waals surface area (Å²) in [7, 11) is 0. The Morgan fingerprint density at radius 1 is 0.727 bits per heavy atom. The summed E-state index contributed by atoms with van der Waals surface area (Å²) in [6.07, 6.45) is 6.04. The van der Waals surface area contributed by atoms with Crippen LogP contribution in [0, 0.1) is 0 Å². The fourth-order valence-electron chi connectivity index (χ4n) is 4.93. The molecule has 2 heterocycles. The summed E-state index contributed by atoms with van der Waals surface area (Å²) in [5.74, 6) is 0.207. The Balaban J connectivity index is 1.71. The molecule has 0 atom stereocenters. The van der Waals surface area contributed by atoms with Gasteiger partial charge in [-0.3, -0.25) is 14.7 Å². The molecule has 0 radical (unpaired) electrons. The molecule has 1 aliphatic rings. The lowest BCUT2D eigenvalue weighted by Crippen LogP contribution is -2.52. The summed E-state index contributed by atoms with van der Waals surface area (Å²) in [5.41, 5.74) is 4.83. The Kier molecular flexibility index (Phi) is 5.97. The SMILES string of the molecule is O=C1CCN(C(c2ccccc2)(c2ccccc2)c2ccccc2)C/C1=C/c1cccnc1. The van der Waals surface area contributed by atoms with E-state index in [1.807, 2.05) is 18.2 Å². The van der Waals surface area contributed by atoms with Crippen molar-refractivity contribution in [2.24, 2.45) is 0 Å². The zero-order valence-electron chi connectivity index (χ0n) is 18.5. The molecule has 0 aliphatic carbocycles. The van der Waals surface area contributed by atoms with Crippen LogP contribution < -0.4 is 0 Å². The topological polar surface area (TPSA) is 33.2 Å². The second kappa shape index (κ2) is 9.35. The number of hydrogen-bond acceptors (Lipinski definition) is 3. The molecular weight excluding hydrogens is 404 g/mol. The lowest BCUT2D eigenvalue weighted by atomic mass is 9.74. The van der Waals surface area contributed by atoms with Gasteiger partial charge in [0, 0.05) is 37.5 Å². The smallest absolute Gasteiger partial charge is 0.161 e. The number of nitrogens with zero attached hydrogens (tertiary/aromatic N) is 2. The molecule has 4 aromatic rings. The fraction of sp³-hybridized carbons (Fsp3) is 0.133. The third kappa shape index (κ3) is 4.04. The standard InChI is InChI=1S/C30H26N2O/c33-29-18-20-32(23-25(29)21-24-11-10-19-31-22-24)30(26-12-4-1-5-13-26,27-14-6-2-7-15-27)28-16-8-3-9-17-28/h1-17,19,21-22H,18,20,23H2/b25-21-. The van der Waals surface area contributed by atoms with Gasteiger partial charge in [-0.25, -0.2) is 0 Å². The first-order valence-electron chi connectivity index (χ1n) is 11.3. The third-order valence-corrected chi connectivity index (χ3v) is 6.40. The molecule has 1 aromatic heterocycles. The third-order valence-electron chi connectivity index (χ3n) is 6.40. The van der Waals surface area contributed by atoms with Crippen molar-refractivity contribution in [3.63, 3.8) is 0 Å². The molecular formula is C30H26N2O. The summed E-state index contributed by atoms with van der Waals surface area (Å²) < 4.78 is 0. The van der Waals surface area contributed by atoms with E-state index in [-0.39, 0.29) is 5.78 Å². The van der Waals surface area contributed by atoms with E-state index in [2.05, 4.69) is 101 Å². The van der Waals surface area contributed by atoms with E-state index < -0.39 is 5.54 Å². The molecule has 1 aliphatic heterocycles. The largest absolute Gasteiger partial charge is 0.294 e. The average molecular weight is 431 g/mol. The zero-order valence-corrected chi connectivity index (χ0v) is 18.5. The molecule has 1 saturated heterocycles. The van der Waals surface area contributed by atoms with Gasteiger partial charge in [-0.1, -0.05) is 97.1 Å².